The molecule has 2 nitrogen and oxygen atoms in total. The van der Waals surface area contributed by atoms with Crippen LogP contribution in [-0.4, -0.2) is 0 Å². The highest BCUT2D eigenvalue weighted by molar-refractivity contribution is 5.94. The van der Waals surface area contributed by atoms with Gasteiger partial charge in [-0.15, -0.1) is 0 Å². The number of hydrogen-bond donors (Lipinski definition) is 0. The van der Waals surface area contributed by atoms with Gasteiger partial charge in [-0.3, -0.25) is 0 Å². The summed E-state index contributed by atoms with van der Waals surface area (Å²) in [5.41, 5.74) is 19.4. The number of fused-ring (bicyclic) bond motifs is 8. The standard InChI is InChI=1S/C64H60N2/c1-5-8-20-45-21-18-25-48(37-45)53-39-52(46-22-10-9-11-23-46)40-54(41-53)50-27-19-26-49(38-50)51-32-33-60-59(42-51)61-31-16-17-35-66(61)64(7-3,63(60,4)6-2)43-55-44-65-36-34-47-24-12-13-29-57(47)62(65)58-30-15-14-28-56(55)58/h9-19,21-42,55H,5-8,20,43-44H2,1-4H3/q+2. The van der Waals surface area contributed by atoms with Crippen molar-refractivity contribution in [3.8, 4) is 67.0 Å². The zero-order chi connectivity index (χ0) is 44.8. The molecule has 0 amide bonds. The minimum Gasteiger partial charge on any atom is -0.197 e. The van der Waals surface area contributed by atoms with Crippen LogP contribution in [0.4, 0.5) is 0 Å². The molecule has 2 aromatic heterocycles. The van der Waals surface area contributed by atoms with Crippen molar-refractivity contribution in [3.63, 3.8) is 0 Å². The Hall–Kier alpha value is -6.90. The average Bonchev–Trinajstić information content (AvgIpc) is 3.39. The minimum atomic E-state index is -0.156. The van der Waals surface area contributed by atoms with E-state index in [0.717, 1.165) is 32.2 Å². The Kier molecular flexibility index (Phi) is 10.9. The van der Waals surface area contributed by atoms with Crippen LogP contribution in [0.25, 0.3) is 77.8 Å². The van der Waals surface area contributed by atoms with Gasteiger partial charge in [0.2, 0.25) is 11.4 Å². The van der Waals surface area contributed by atoms with E-state index in [9.17, 15) is 0 Å². The number of hydrogen-bond acceptors (Lipinski definition) is 0. The van der Waals surface area contributed by atoms with Gasteiger partial charge in [-0.05, 0) is 141 Å². The van der Waals surface area contributed by atoms with Gasteiger partial charge >= 0.3 is 0 Å². The van der Waals surface area contributed by atoms with Gasteiger partial charge in [0.05, 0.1) is 27.8 Å². The second-order valence-corrected chi connectivity index (χ2v) is 19.2. The molecule has 0 spiro atoms. The molecule has 0 bridgehead atoms. The van der Waals surface area contributed by atoms with Gasteiger partial charge < -0.3 is 0 Å². The van der Waals surface area contributed by atoms with Crippen molar-refractivity contribution < 1.29 is 9.13 Å². The molecule has 2 aliphatic rings. The third kappa shape index (κ3) is 7.01. The van der Waals surface area contributed by atoms with E-state index in [1.165, 1.54) is 107 Å². The van der Waals surface area contributed by atoms with Crippen LogP contribution in [0.15, 0.2) is 200 Å². The van der Waals surface area contributed by atoms with Crippen molar-refractivity contribution in [1.29, 1.82) is 0 Å². The maximum Gasteiger partial charge on any atom is 0.220 e. The fraction of sp³-hybridized carbons (Fsp3) is 0.219. The van der Waals surface area contributed by atoms with Crippen LogP contribution < -0.4 is 9.13 Å². The van der Waals surface area contributed by atoms with Crippen LogP contribution in [0, 0.1) is 0 Å². The van der Waals surface area contributed by atoms with Gasteiger partial charge in [0.25, 0.3) is 0 Å². The van der Waals surface area contributed by atoms with Gasteiger partial charge in [-0.1, -0.05) is 149 Å². The SMILES string of the molecule is CCCCc1cccc(-c2cc(-c3ccccc3)cc(-c3cccc(-c4ccc5c(c4)-c4cccc[n+]4C(CC)(CC4C[n+]6ccc7ccccc7c6-c6ccccc64)C5(C)CC)c3)c2)c1. The molecule has 0 saturated carbocycles. The largest absolute Gasteiger partial charge is 0.220 e. The van der Waals surface area contributed by atoms with E-state index in [1.54, 1.807) is 0 Å². The molecule has 66 heavy (non-hydrogen) atoms. The fourth-order valence-electron chi connectivity index (χ4n) is 12.1. The molecule has 324 valence electrons. The number of unbranched alkanes of at least 4 members (excludes halogenated alkanes) is 1. The van der Waals surface area contributed by atoms with Crippen molar-refractivity contribution in [3.05, 3.63) is 217 Å². The summed E-state index contributed by atoms with van der Waals surface area (Å²) in [6, 6.07) is 71.1. The normalized spacial score (nSPS) is 18.3. The molecule has 0 N–H and O–H groups in total. The molecule has 7 aromatic carbocycles. The summed E-state index contributed by atoms with van der Waals surface area (Å²) in [5, 5.41) is 2.63. The highest BCUT2D eigenvalue weighted by atomic mass is 15.1. The Balaban J connectivity index is 0.989. The molecular weight excluding hydrogens is 797 g/mol. The predicted octanol–water partition coefficient (Wildman–Crippen LogP) is 15.7. The van der Waals surface area contributed by atoms with E-state index in [-0.39, 0.29) is 11.0 Å². The van der Waals surface area contributed by atoms with Crippen molar-refractivity contribution in [2.75, 3.05) is 0 Å². The molecule has 0 aliphatic carbocycles. The van der Waals surface area contributed by atoms with E-state index < -0.39 is 0 Å². The van der Waals surface area contributed by atoms with Crippen LogP contribution in [0.2, 0.25) is 0 Å². The number of benzene rings is 7. The maximum absolute atomic E-state index is 2.70. The lowest BCUT2D eigenvalue weighted by atomic mass is 9.56. The van der Waals surface area contributed by atoms with Gasteiger partial charge in [-0.2, -0.15) is 9.13 Å². The molecule has 3 atom stereocenters. The van der Waals surface area contributed by atoms with E-state index in [2.05, 4.69) is 237 Å². The van der Waals surface area contributed by atoms with Crippen LogP contribution >= 0.6 is 0 Å². The smallest absolute Gasteiger partial charge is 0.197 e. The zero-order valence-electron chi connectivity index (χ0n) is 39.0. The number of pyridine rings is 2. The lowest BCUT2D eigenvalue weighted by molar-refractivity contribution is -0.772. The van der Waals surface area contributed by atoms with Crippen molar-refractivity contribution in [2.24, 2.45) is 0 Å². The first kappa shape index (κ1) is 41.8. The summed E-state index contributed by atoms with van der Waals surface area (Å²) in [6.45, 7) is 10.7. The molecule has 0 fully saturated rings. The van der Waals surface area contributed by atoms with Crippen LogP contribution in [0.3, 0.4) is 0 Å². The summed E-state index contributed by atoms with van der Waals surface area (Å²) in [4.78, 5) is 0. The molecule has 0 radical (unpaired) electrons. The first-order valence-electron chi connectivity index (χ1n) is 24.5. The molecule has 4 heterocycles. The second-order valence-electron chi connectivity index (χ2n) is 19.2. The first-order valence-corrected chi connectivity index (χ1v) is 24.5. The Labute approximate surface area is 391 Å². The Morgan fingerprint density at radius 1 is 0.515 bits per heavy atom. The van der Waals surface area contributed by atoms with E-state index in [0.29, 0.717) is 5.92 Å². The summed E-state index contributed by atoms with van der Waals surface area (Å²) < 4.78 is 5.25. The number of aromatic nitrogens is 2. The lowest BCUT2D eigenvalue weighted by Gasteiger charge is -2.49. The third-order valence-electron chi connectivity index (χ3n) is 15.8. The Morgan fingerprint density at radius 3 is 1.95 bits per heavy atom. The molecule has 11 rings (SSSR count). The number of rotatable bonds is 11. The maximum atomic E-state index is 2.70. The number of nitrogens with zero attached hydrogens (tertiary/aromatic N) is 2. The molecule has 3 unspecified atom stereocenters. The molecule has 2 heteroatoms. The Morgan fingerprint density at radius 2 is 1.17 bits per heavy atom. The van der Waals surface area contributed by atoms with Crippen LogP contribution in [0.1, 0.15) is 82.4 Å². The topological polar surface area (TPSA) is 7.76 Å². The van der Waals surface area contributed by atoms with Crippen molar-refractivity contribution in [1.82, 2.24) is 0 Å². The third-order valence-corrected chi connectivity index (χ3v) is 15.8. The second kappa shape index (κ2) is 17.1. The summed E-state index contributed by atoms with van der Waals surface area (Å²) in [6.07, 6.45) is 11.3. The van der Waals surface area contributed by atoms with Crippen molar-refractivity contribution >= 4 is 10.8 Å². The minimum absolute atomic E-state index is 0.123. The predicted molar refractivity (Wildman–Crippen MR) is 275 cm³/mol. The van der Waals surface area contributed by atoms with Gasteiger partial charge in [0, 0.05) is 31.0 Å². The summed E-state index contributed by atoms with van der Waals surface area (Å²) in [7, 11) is 0. The monoisotopic (exact) mass is 856 g/mol. The van der Waals surface area contributed by atoms with E-state index in [4.69, 9.17) is 0 Å². The van der Waals surface area contributed by atoms with Crippen molar-refractivity contribution in [2.45, 2.75) is 89.6 Å². The molecule has 0 saturated heterocycles. The zero-order valence-corrected chi connectivity index (χ0v) is 39.0. The average molecular weight is 857 g/mol. The lowest BCUT2D eigenvalue weighted by Crippen LogP contribution is -2.69. The van der Waals surface area contributed by atoms with E-state index in [1.807, 2.05) is 0 Å². The highest BCUT2D eigenvalue weighted by Gasteiger charge is 2.60. The van der Waals surface area contributed by atoms with E-state index >= 15 is 0 Å². The highest BCUT2D eigenvalue weighted by Crippen LogP contribution is 2.55. The number of aryl methyl sites for hydroxylation is 1. The van der Waals surface area contributed by atoms with Gasteiger partial charge in [0.15, 0.2) is 24.5 Å². The molecule has 2 aliphatic heterocycles. The van der Waals surface area contributed by atoms with Crippen LogP contribution in [-0.2, 0) is 23.9 Å². The van der Waals surface area contributed by atoms with Gasteiger partial charge in [0.1, 0.15) is 0 Å². The summed E-state index contributed by atoms with van der Waals surface area (Å²) >= 11 is 0. The quantitative estimate of drug-likeness (QED) is 0.115. The first-order chi connectivity index (χ1) is 32.4. The molecular formula is C64H60N2+2. The molecule has 9 aromatic rings. The van der Waals surface area contributed by atoms with Gasteiger partial charge in [-0.25, -0.2) is 0 Å². The fourth-order valence-corrected chi connectivity index (χ4v) is 12.1. The summed E-state index contributed by atoms with van der Waals surface area (Å²) in [5.74, 6) is 0.348. The van der Waals surface area contributed by atoms with Crippen LogP contribution in [0.5, 0.6) is 0 Å². The Bertz CT molecular complexity index is 3250.